The Hall–Kier alpha value is -1.02. The van der Waals surface area contributed by atoms with Crippen molar-refractivity contribution in [2.75, 3.05) is 11.9 Å². The van der Waals surface area contributed by atoms with Crippen LogP contribution in [0, 0.1) is 13.8 Å². The lowest BCUT2D eigenvalue weighted by Gasteiger charge is -2.16. The third-order valence-electron chi connectivity index (χ3n) is 2.15. The Bertz CT molecular complexity index is 263. The Morgan fingerprint density at radius 2 is 1.85 bits per heavy atom. The summed E-state index contributed by atoms with van der Waals surface area (Å²) in [6.07, 6.45) is 0. The number of nitrogens with one attached hydrogen (secondary N) is 1. The largest absolute Gasteiger partial charge is 0.394 e. The zero-order valence-corrected chi connectivity index (χ0v) is 8.46. The molecular formula is C11H17NO. The normalized spacial score (nSPS) is 12.6. The van der Waals surface area contributed by atoms with Crippen molar-refractivity contribution in [2.45, 2.75) is 26.8 Å². The van der Waals surface area contributed by atoms with Crippen molar-refractivity contribution >= 4 is 5.69 Å². The molecule has 1 aromatic carbocycles. The van der Waals surface area contributed by atoms with Gasteiger partial charge >= 0.3 is 0 Å². The van der Waals surface area contributed by atoms with Gasteiger partial charge in [-0.1, -0.05) is 18.2 Å². The van der Waals surface area contributed by atoms with Gasteiger partial charge < -0.3 is 10.4 Å². The fraction of sp³-hybridized carbons (Fsp3) is 0.455. The van der Waals surface area contributed by atoms with E-state index in [1.54, 1.807) is 0 Å². The van der Waals surface area contributed by atoms with Gasteiger partial charge in [-0.2, -0.15) is 0 Å². The van der Waals surface area contributed by atoms with Gasteiger partial charge in [0.15, 0.2) is 0 Å². The number of aryl methyl sites for hydroxylation is 2. The second-order valence-corrected chi connectivity index (χ2v) is 3.49. The zero-order chi connectivity index (χ0) is 9.84. The van der Waals surface area contributed by atoms with Gasteiger partial charge in [-0.15, -0.1) is 0 Å². The lowest BCUT2D eigenvalue weighted by atomic mass is 10.1. The van der Waals surface area contributed by atoms with E-state index in [2.05, 4.69) is 31.3 Å². The molecule has 1 rings (SSSR count). The van der Waals surface area contributed by atoms with E-state index in [4.69, 9.17) is 5.11 Å². The Morgan fingerprint density at radius 3 is 2.31 bits per heavy atom. The van der Waals surface area contributed by atoms with E-state index in [0.29, 0.717) is 0 Å². The molecular weight excluding hydrogens is 162 g/mol. The molecule has 2 nitrogen and oxygen atoms in total. The lowest BCUT2D eigenvalue weighted by Crippen LogP contribution is -2.20. The minimum Gasteiger partial charge on any atom is -0.394 e. The minimum atomic E-state index is 0.111. The highest BCUT2D eigenvalue weighted by Crippen LogP contribution is 2.19. The number of anilines is 1. The first kappa shape index (κ1) is 10.1. The summed E-state index contributed by atoms with van der Waals surface area (Å²) in [5.41, 5.74) is 3.59. The summed E-state index contributed by atoms with van der Waals surface area (Å²) in [6.45, 7) is 6.26. The summed E-state index contributed by atoms with van der Waals surface area (Å²) >= 11 is 0. The van der Waals surface area contributed by atoms with E-state index < -0.39 is 0 Å². The number of hydrogen-bond donors (Lipinski definition) is 2. The van der Waals surface area contributed by atoms with Crippen LogP contribution >= 0.6 is 0 Å². The van der Waals surface area contributed by atoms with E-state index in [1.807, 2.05) is 13.0 Å². The number of hydrogen-bond acceptors (Lipinski definition) is 2. The van der Waals surface area contributed by atoms with Gasteiger partial charge in [0.05, 0.1) is 6.61 Å². The van der Waals surface area contributed by atoms with E-state index in [1.165, 1.54) is 11.1 Å². The number of para-hydroxylation sites is 1. The SMILES string of the molecule is Cc1cccc(C)c1N[C@@H](C)CO. The van der Waals surface area contributed by atoms with E-state index in [9.17, 15) is 0 Å². The van der Waals surface area contributed by atoms with Gasteiger partial charge in [-0.05, 0) is 31.9 Å². The topological polar surface area (TPSA) is 32.3 Å². The second-order valence-electron chi connectivity index (χ2n) is 3.49. The smallest absolute Gasteiger partial charge is 0.0630 e. The molecule has 0 radical (unpaired) electrons. The van der Waals surface area contributed by atoms with Gasteiger partial charge in [0.2, 0.25) is 0 Å². The van der Waals surface area contributed by atoms with Crippen LogP contribution in [0.1, 0.15) is 18.1 Å². The van der Waals surface area contributed by atoms with Crippen LogP contribution in [-0.4, -0.2) is 17.8 Å². The maximum Gasteiger partial charge on any atom is 0.0630 e. The molecule has 0 aliphatic heterocycles. The Balaban J connectivity index is 2.87. The van der Waals surface area contributed by atoms with Crippen LogP contribution in [0.5, 0.6) is 0 Å². The summed E-state index contributed by atoms with van der Waals surface area (Å²) in [4.78, 5) is 0. The van der Waals surface area contributed by atoms with Gasteiger partial charge in [-0.3, -0.25) is 0 Å². The van der Waals surface area contributed by atoms with E-state index >= 15 is 0 Å². The Labute approximate surface area is 79.6 Å². The fourth-order valence-electron chi connectivity index (χ4n) is 1.33. The highest BCUT2D eigenvalue weighted by Gasteiger charge is 2.04. The van der Waals surface area contributed by atoms with Crippen molar-refractivity contribution in [2.24, 2.45) is 0 Å². The molecule has 0 aliphatic carbocycles. The van der Waals surface area contributed by atoms with Crippen LogP contribution < -0.4 is 5.32 Å². The third-order valence-corrected chi connectivity index (χ3v) is 2.15. The zero-order valence-electron chi connectivity index (χ0n) is 8.46. The Kier molecular flexibility index (Phi) is 3.32. The highest BCUT2D eigenvalue weighted by molar-refractivity contribution is 5.57. The number of benzene rings is 1. The van der Waals surface area contributed by atoms with Gasteiger partial charge in [0, 0.05) is 11.7 Å². The minimum absolute atomic E-state index is 0.111. The number of rotatable bonds is 3. The maximum absolute atomic E-state index is 8.92. The predicted molar refractivity (Wildman–Crippen MR) is 56.1 cm³/mol. The van der Waals surface area contributed by atoms with Gasteiger partial charge in [0.25, 0.3) is 0 Å². The van der Waals surface area contributed by atoms with Crippen LogP contribution in [-0.2, 0) is 0 Å². The summed E-state index contributed by atoms with van der Waals surface area (Å²) in [6, 6.07) is 6.29. The summed E-state index contributed by atoms with van der Waals surface area (Å²) in [5, 5.41) is 12.2. The van der Waals surface area contributed by atoms with Crippen molar-refractivity contribution < 1.29 is 5.11 Å². The van der Waals surface area contributed by atoms with Gasteiger partial charge in [0.1, 0.15) is 0 Å². The molecule has 2 heteroatoms. The molecule has 0 aromatic heterocycles. The molecule has 2 N–H and O–H groups in total. The molecule has 0 amide bonds. The van der Waals surface area contributed by atoms with Crippen molar-refractivity contribution in [3.05, 3.63) is 29.3 Å². The first-order chi connectivity index (χ1) is 6.15. The van der Waals surface area contributed by atoms with Crippen LogP contribution in [0.3, 0.4) is 0 Å². The molecule has 0 unspecified atom stereocenters. The quantitative estimate of drug-likeness (QED) is 0.744. The monoisotopic (exact) mass is 179 g/mol. The summed E-state index contributed by atoms with van der Waals surface area (Å²) in [5.74, 6) is 0. The molecule has 0 fully saturated rings. The average Bonchev–Trinajstić information content (AvgIpc) is 2.11. The fourth-order valence-corrected chi connectivity index (χ4v) is 1.33. The molecule has 0 bridgehead atoms. The standard InChI is InChI=1S/C11H17NO/c1-8-5-4-6-9(2)11(8)12-10(3)7-13/h4-6,10,12-13H,7H2,1-3H3/t10-/m0/s1. The average molecular weight is 179 g/mol. The predicted octanol–water partition coefficient (Wildman–Crippen LogP) is 2.10. The molecule has 72 valence electrons. The van der Waals surface area contributed by atoms with E-state index in [0.717, 1.165) is 5.69 Å². The molecule has 1 aromatic rings. The first-order valence-electron chi connectivity index (χ1n) is 4.58. The second kappa shape index (κ2) is 4.28. The molecule has 0 spiro atoms. The summed E-state index contributed by atoms with van der Waals surface area (Å²) in [7, 11) is 0. The lowest BCUT2D eigenvalue weighted by molar-refractivity contribution is 0.281. The van der Waals surface area contributed by atoms with Crippen LogP contribution in [0.4, 0.5) is 5.69 Å². The molecule has 1 atom stereocenters. The van der Waals surface area contributed by atoms with Crippen molar-refractivity contribution in [1.82, 2.24) is 0 Å². The molecule has 0 saturated heterocycles. The Morgan fingerprint density at radius 1 is 1.31 bits per heavy atom. The van der Waals surface area contributed by atoms with Crippen LogP contribution in [0.2, 0.25) is 0 Å². The van der Waals surface area contributed by atoms with Crippen molar-refractivity contribution in [1.29, 1.82) is 0 Å². The van der Waals surface area contributed by atoms with Crippen LogP contribution in [0.25, 0.3) is 0 Å². The molecule has 13 heavy (non-hydrogen) atoms. The maximum atomic E-state index is 8.92. The van der Waals surface area contributed by atoms with Crippen molar-refractivity contribution in [3.8, 4) is 0 Å². The van der Waals surface area contributed by atoms with Crippen LogP contribution in [0.15, 0.2) is 18.2 Å². The number of aliphatic hydroxyl groups is 1. The first-order valence-corrected chi connectivity index (χ1v) is 4.58. The number of aliphatic hydroxyl groups excluding tert-OH is 1. The third kappa shape index (κ3) is 2.46. The summed E-state index contributed by atoms with van der Waals surface area (Å²) < 4.78 is 0. The molecule has 0 heterocycles. The molecule has 0 aliphatic rings. The van der Waals surface area contributed by atoms with Crippen molar-refractivity contribution in [3.63, 3.8) is 0 Å². The highest BCUT2D eigenvalue weighted by atomic mass is 16.3. The van der Waals surface area contributed by atoms with Gasteiger partial charge in [-0.25, -0.2) is 0 Å². The molecule has 0 saturated carbocycles. The van der Waals surface area contributed by atoms with E-state index in [-0.39, 0.29) is 12.6 Å².